The van der Waals surface area contributed by atoms with Crippen LogP contribution in [0.25, 0.3) is 10.4 Å². The SMILES string of the molecule is CCC(C)(C)C=O.CCCCOC1CCN(C=O)C1.COC(C)=O.COCNCc1ccc(-c2scnc2C)cc1. The van der Waals surface area contributed by atoms with Crippen molar-refractivity contribution < 1.29 is 28.6 Å². The van der Waals surface area contributed by atoms with Gasteiger partial charge in [0.05, 0.1) is 36.0 Å². The number of aryl methyl sites for hydroxylation is 1. The van der Waals surface area contributed by atoms with Crippen molar-refractivity contribution in [1.29, 1.82) is 0 Å². The summed E-state index contributed by atoms with van der Waals surface area (Å²) >= 11 is 1.68. The van der Waals surface area contributed by atoms with E-state index in [0.29, 0.717) is 12.8 Å². The van der Waals surface area contributed by atoms with Crippen LogP contribution in [0.5, 0.6) is 0 Å². The fourth-order valence-electron chi connectivity index (χ4n) is 3.11. The molecule has 232 valence electrons. The quantitative estimate of drug-likeness (QED) is 0.146. The van der Waals surface area contributed by atoms with Crippen molar-refractivity contribution in [2.75, 3.05) is 40.6 Å². The molecule has 0 radical (unpaired) electrons. The van der Waals surface area contributed by atoms with Gasteiger partial charge in [-0.05, 0) is 37.3 Å². The molecule has 1 amide bonds. The summed E-state index contributed by atoms with van der Waals surface area (Å²) in [6.45, 7) is 15.3. The van der Waals surface area contributed by atoms with Crippen molar-refractivity contribution >= 4 is 30.0 Å². The van der Waals surface area contributed by atoms with Crippen molar-refractivity contribution in [2.24, 2.45) is 5.41 Å². The average molecular weight is 594 g/mol. The van der Waals surface area contributed by atoms with Crippen LogP contribution in [0.3, 0.4) is 0 Å². The molecule has 1 unspecified atom stereocenters. The van der Waals surface area contributed by atoms with E-state index in [1.807, 2.05) is 33.2 Å². The maximum absolute atomic E-state index is 10.4. The first-order valence-electron chi connectivity index (χ1n) is 14.1. The number of unbranched alkanes of at least 4 members (excludes halogenated alkanes) is 1. The zero-order chi connectivity index (χ0) is 31.1. The van der Waals surface area contributed by atoms with Gasteiger partial charge in [0, 0.05) is 45.7 Å². The van der Waals surface area contributed by atoms with Crippen LogP contribution in [0.1, 0.15) is 71.6 Å². The Balaban J connectivity index is 0.000000581. The normalized spacial score (nSPS) is 14.0. The van der Waals surface area contributed by atoms with Gasteiger partial charge in [-0.1, -0.05) is 58.4 Å². The first kappa shape index (κ1) is 38.3. The topological polar surface area (TPSA) is 107 Å². The predicted octanol–water partition coefficient (Wildman–Crippen LogP) is 5.65. The molecule has 1 aromatic carbocycles. The zero-order valence-corrected chi connectivity index (χ0v) is 27.1. The van der Waals surface area contributed by atoms with Crippen molar-refractivity contribution in [3.8, 4) is 10.4 Å². The van der Waals surface area contributed by atoms with Gasteiger partial charge in [-0.3, -0.25) is 14.9 Å². The average Bonchev–Trinajstić information content (AvgIpc) is 3.63. The van der Waals surface area contributed by atoms with Crippen LogP contribution in [0.15, 0.2) is 29.8 Å². The highest BCUT2D eigenvalue weighted by Crippen LogP contribution is 2.27. The van der Waals surface area contributed by atoms with E-state index >= 15 is 0 Å². The van der Waals surface area contributed by atoms with Crippen molar-refractivity contribution in [2.45, 2.75) is 79.9 Å². The summed E-state index contributed by atoms with van der Waals surface area (Å²) in [7, 11) is 3.03. The van der Waals surface area contributed by atoms with Gasteiger partial charge in [0.15, 0.2) is 0 Å². The fourth-order valence-corrected chi connectivity index (χ4v) is 3.93. The number of nitrogens with one attached hydrogen (secondary N) is 1. The van der Waals surface area contributed by atoms with E-state index in [1.54, 1.807) is 23.3 Å². The van der Waals surface area contributed by atoms with E-state index in [-0.39, 0.29) is 11.4 Å². The molecule has 41 heavy (non-hydrogen) atoms. The number of likely N-dealkylation sites (tertiary alicyclic amines) is 1. The van der Waals surface area contributed by atoms with Crippen LogP contribution in [0.2, 0.25) is 0 Å². The van der Waals surface area contributed by atoms with E-state index in [4.69, 9.17) is 9.47 Å². The van der Waals surface area contributed by atoms with Gasteiger partial charge in [-0.2, -0.15) is 0 Å². The molecule has 0 bridgehead atoms. The Morgan fingerprint density at radius 2 is 1.85 bits per heavy atom. The Hall–Kier alpha value is -2.66. The lowest BCUT2D eigenvalue weighted by atomic mass is 9.93. The highest BCUT2D eigenvalue weighted by molar-refractivity contribution is 7.13. The molecular formula is C31H51N3O6S. The number of carbonyl (C=O) groups is 3. The lowest BCUT2D eigenvalue weighted by Gasteiger charge is -2.11. The number of rotatable bonds is 12. The molecule has 9 nitrogen and oxygen atoms in total. The van der Waals surface area contributed by atoms with Gasteiger partial charge >= 0.3 is 5.97 Å². The van der Waals surface area contributed by atoms with Crippen molar-refractivity contribution in [3.63, 3.8) is 0 Å². The maximum Gasteiger partial charge on any atom is 0.302 e. The molecule has 0 aliphatic carbocycles. The molecule has 3 rings (SSSR count). The number of amides is 1. The van der Waals surface area contributed by atoms with Crippen LogP contribution in [0.4, 0.5) is 0 Å². The van der Waals surface area contributed by atoms with Gasteiger partial charge in [0.2, 0.25) is 6.41 Å². The summed E-state index contributed by atoms with van der Waals surface area (Å²) in [5.41, 5.74) is 5.38. The molecule has 1 fully saturated rings. The molecular weight excluding hydrogens is 542 g/mol. The maximum atomic E-state index is 10.4. The largest absolute Gasteiger partial charge is 0.469 e. The third kappa shape index (κ3) is 18.4. The lowest BCUT2D eigenvalue weighted by Crippen LogP contribution is -2.21. The number of aldehydes is 1. The second-order valence-electron chi connectivity index (χ2n) is 10.2. The third-order valence-electron chi connectivity index (χ3n) is 6.23. The second-order valence-corrected chi connectivity index (χ2v) is 11.1. The minimum absolute atomic E-state index is 0.0972. The summed E-state index contributed by atoms with van der Waals surface area (Å²) in [5, 5.41) is 3.18. The summed E-state index contributed by atoms with van der Waals surface area (Å²) in [6.07, 6.45) is 6.42. The highest BCUT2D eigenvalue weighted by Gasteiger charge is 2.21. The summed E-state index contributed by atoms with van der Waals surface area (Å²) < 4.78 is 14.6. The van der Waals surface area contributed by atoms with Crippen LogP contribution < -0.4 is 5.32 Å². The van der Waals surface area contributed by atoms with Crippen LogP contribution in [-0.4, -0.2) is 75.3 Å². The molecule has 0 saturated carbocycles. The zero-order valence-electron chi connectivity index (χ0n) is 26.2. The fraction of sp³-hybridized carbons (Fsp3) is 0.613. The van der Waals surface area contributed by atoms with Crippen molar-refractivity contribution in [1.82, 2.24) is 15.2 Å². The molecule has 1 saturated heterocycles. The number of thiazole rings is 1. The Morgan fingerprint density at radius 3 is 2.27 bits per heavy atom. The molecule has 1 aliphatic heterocycles. The summed E-state index contributed by atoms with van der Waals surface area (Å²) in [4.78, 5) is 37.3. The first-order chi connectivity index (χ1) is 19.6. The Bertz CT molecular complexity index is 965. The van der Waals surface area contributed by atoms with E-state index in [2.05, 4.69) is 46.2 Å². The van der Waals surface area contributed by atoms with E-state index < -0.39 is 0 Å². The van der Waals surface area contributed by atoms with E-state index in [1.165, 1.54) is 36.5 Å². The van der Waals surface area contributed by atoms with E-state index in [0.717, 1.165) is 63.9 Å². The predicted molar refractivity (Wildman–Crippen MR) is 166 cm³/mol. The molecule has 1 aliphatic rings. The molecule has 1 atom stereocenters. The van der Waals surface area contributed by atoms with Crippen molar-refractivity contribution in [3.05, 3.63) is 41.0 Å². The number of carbonyl (C=O) groups excluding carboxylic acids is 3. The Kier molecular flexibility index (Phi) is 21.5. The summed E-state index contributed by atoms with van der Waals surface area (Å²) in [6, 6.07) is 8.56. The number of methoxy groups -OCH3 is 2. The number of benzene rings is 1. The number of hydrogen-bond acceptors (Lipinski definition) is 9. The molecule has 1 aromatic heterocycles. The standard InChI is InChI=1S/C13H16N2OS.C9H17NO2.C6H12O.C3H6O2/c1-10-13(17-9-15-10)12-5-3-11(4-6-12)7-14-8-16-2;1-2-3-6-12-9-4-5-10(7-9)8-11;1-4-6(2,3)5-7;1-3(4)5-2/h3-6,9,14H,7-8H2,1-2H3;8-9H,2-7H2,1H3;5H,4H2,1-3H3;1-2H3. The molecule has 10 heteroatoms. The smallest absolute Gasteiger partial charge is 0.302 e. The van der Waals surface area contributed by atoms with Gasteiger partial charge in [0.25, 0.3) is 0 Å². The number of aromatic nitrogens is 1. The molecule has 0 spiro atoms. The lowest BCUT2D eigenvalue weighted by molar-refractivity contribution is -0.138. The summed E-state index contributed by atoms with van der Waals surface area (Å²) in [5.74, 6) is -0.245. The first-order valence-corrected chi connectivity index (χ1v) is 15.0. The molecule has 2 aromatic rings. The minimum Gasteiger partial charge on any atom is -0.469 e. The monoisotopic (exact) mass is 593 g/mol. The van der Waals surface area contributed by atoms with Gasteiger partial charge in [-0.15, -0.1) is 11.3 Å². The molecule has 1 N–H and O–H groups in total. The number of hydrogen-bond donors (Lipinski definition) is 1. The number of esters is 1. The number of nitrogens with zero attached hydrogens (tertiary/aromatic N) is 2. The third-order valence-corrected chi connectivity index (χ3v) is 7.21. The van der Waals surface area contributed by atoms with Crippen LogP contribution in [-0.2, 0) is 35.1 Å². The highest BCUT2D eigenvalue weighted by atomic mass is 32.1. The minimum atomic E-state index is -0.245. The van der Waals surface area contributed by atoms with Gasteiger partial charge in [-0.25, -0.2) is 4.98 Å². The van der Waals surface area contributed by atoms with Gasteiger partial charge < -0.3 is 23.9 Å². The second kappa shape index (κ2) is 23.0. The molecule has 2 heterocycles. The Morgan fingerprint density at radius 1 is 1.20 bits per heavy atom. The van der Waals surface area contributed by atoms with Crippen LogP contribution >= 0.6 is 11.3 Å². The Labute approximate surface area is 251 Å². The van der Waals surface area contributed by atoms with Gasteiger partial charge in [0.1, 0.15) is 6.29 Å². The van der Waals surface area contributed by atoms with Crippen LogP contribution in [0, 0.1) is 12.3 Å². The number of ether oxygens (including phenoxy) is 3. The van der Waals surface area contributed by atoms with E-state index in [9.17, 15) is 14.4 Å².